The van der Waals surface area contributed by atoms with Crippen molar-refractivity contribution in [3.05, 3.63) is 79.8 Å². The van der Waals surface area contributed by atoms with Crippen molar-refractivity contribution in [2.75, 3.05) is 13.2 Å². The highest BCUT2D eigenvalue weighted by Crippen LogP contribution is 2.42. The number of β-amino-alcohol motifs (C(OH)–C–C–N with tert-alkyl or cyclic N) is 1. The van der Waals surface area contributed by atoms with E-state index in [2.05, 4.69) is 15.9 Å². The number of hydrogen-bond donors (Lipinski definition) is 2. The number of aliphatic hydroxyl groups is 2. The minimum absolute atomic E-state index is 0.0822. The molecule has 0 bridgehead atoms. The summed E-state index contributed by atoms with van der Waals surface area (Å²) in [5.41, 5.74) is -0.179. The summed E-state index contributed by atoms with van der Waals surface area (Å²) < 4.78 is 0.750. The van der Waals surface area contributed by atoms with E-state index in [0.717, 1.165) is 9.37 Å². The highest BCUT2D eigenvalue weighted by molar-refractivity contribution is 9.10. The third-order valence-corrected chi connectivity index (χ3v) is 4.96. The van der Waals surface area contributed by atoms with Crippen LogP contribution in [0, 0.1) is 10.1 Å². The van der Waals surface area contributed by atoms with Crippen LogP contribution < -0.4 is 0 Å². The zero-order valence-corrected chi connectivity index (χ0v) is 16.0. The summed E-state index contributed by atoms with van der Waals surface area (Å²) in [7, 11) is 0. The number of nitrogens with zero attached hydrogens (tertiary/aromatic N) is 2. The monoisotopic (exact) mass is 446 g/mol. The molecule has 2 aromatic carbocycles. The van der Waals surface area contributed by atoms with Gasteiger partial charge in [0.1, 0.15) is 5.76 Å². The first-order valence-electron chi connectivity index (χ1n) is 8.25. The Kier molecular flexibility index (Phi) is 5.57. The lowest BCUT2D eigenvalue weighted by atomic mass is 9.94. The van der Waals surface area contributed by atoms with Gasteiger partial charge in [-0.15, -0.1) is 0 Å². The van der Waals surface area contributed by atoms with Crippen LogP contribution in [-0.2, 0) is 9.59 Å². The van der Waals surface area contributed by atoms with Crippen LogP contribution in [0.1, 0.15) is 17.2 Å². The van der Waals surface area contributed by atoms with Crippen LogP contribution in [0.4, 0.5) is 5.69 Å². The number of carbonyl (C=O) groups excluding carboxylic acids is 2. The quantitative estimate of drug-likeness (QED) is 0.239. The van der Waals surface area contributed by atoms with Crippen molar-refractivity contribution in [1.82, 2.24) is 4.90 Å². The SMILES string of the molecule is O=C1C(=O)N(CCO)[C@@H](c2ccccc2[N+](=O)[O-])C1=C(O)c1ccc(Br)cc1. The maximum absolute atomic E-state index is 12.7. The van der Waals surface area contributed by atoms with E-state index in [4.69, 9.17) is 0 Å². The maximum Gasteiger partial charge on any atom is 0.295 e. The molecule has 28 heavy (non-hydrogen) atoms. The molecule has 2 aromatic rings. The van der Waals surface area contributed by atoms with Gasteiger partial charge in [0.25, 0.3) is 17.4 Å². The lowest BCUT2D eigenvalue weighted by Crippen LogP contribution is -2.32. The van der Waals surface area contributed by atoms with Crippen molar-refractivity contribution in [3.63, 3.8) is 0 Å². The van der Waals surface area contributed by atoms with Crippen molar-refractivity contribution in [1.29, 1.82) is 0 Å². The molecule has 9 heteroatoms. The molecule has 0 saturated carbocycles. The van der Waals surface area contributed by atoms with Crippen LogP contribution in [-0.4, -0.2) is 44.9 Å². The summed E-state index contributed by atoms with van der Waals surface area (Å²) in [5, 5.41) is 31.6. The third kappa shape index (κ3) is 3.41. The Morgan fingerprint density at radius 1 is 1.14 bits per heavy atom. The van der Waals surface area contributed by atoms with Crippen molar-refractivity contribution < 1.29 is 24.7 Å². The van der Waals surface area contributed by atoms with Gasteiger partial charge in [0.05, 0.1) is 28.7 Å². The molecule has 1 saturated heterocycles. The number of Topliss-reactive ketones (excluding diaryl/α,β-unsaturated/α-hetero) is 1. The molecule has 1 amide bonds. The zero-order valence-electron chi connectivity index (χ0n) is 14.4. The Balaban J connectivity index is 2.26. The lowest BCUT2D eigenvalue weighted by molar-refractivity contribution is -0.385. The van der Waals surface area contributed by atoms with Crippen LogP contribution >= 0.6 is 15.9 Å². The molecule has 0 aromatic heterocycles. The molecule has 0 spiro atoms. The van der Waals surface area contributed by atoms with Gasteiger partial charge in [0.15, 0.2) is 0 Å². The molecule has 2 N–H and O–H groups in total. The average molecular weight is 447 g/mol. The number of nitro groups is 1. The molecule has 0 aliphatic carbocycles. The minimum atomic E-state index is -1.18. The van der Waals surface area contributed by atoms with Crippen molar-refractivity contribution >= 4 is 39.1 Å². The van der Waals surface area contributed by atoms with E-state index in [1.807, 2.05) is 0 Å². The molecule has 1 heterocycles. The van der Waals surface area contributed by atoms with Gasteiger partial charge >= 0.3 is 0 Å². The van der Waals surface area contributed by atoms with E-state index in [0.29, 0.717) is 0 Å². The Morgan fingerprint density at radius 3 is 2.39 bits per heavy atom. The summed E-state index contributed by atoms with van der Waals surface area (Å²) in [6.07, 6.45) is 0. The average Bonchev–Trinajstić information content (AvgIpc) is 2.93. The van der Waals surface area contributed by atoms with E-state index >= 15 is 0 Å². The van der Waals surface area contributed by atoms with Crippen LogP contribution in [0.2, 0.25) is 0 Å². The van der Waals surface area contributed by atoms with Crippen molar-refractivity contribution in [2.24, 2.45) is 0 Å². The van der Waals surface area contributed by atoms with E-state index in [-0.39, 0.29) is 28.9 Å². The number of para-hydroxylation sites is 1. The van der Waals surface area contributed by atoms with Crippen LogP contribution in [0.15, 0.2) is 58.6 Å². The highest BCUT2D eigenvalue weighted by atomic mass is 79.9. The predicted octanol–water partition coefficient (Wildman–Crippen LogP) is 2.77. The number of benzene rings is 2. The molecular formula is C19H15BrN2O6. The molecule has 144 valence electrons. The van der Waals surface area contributed by atoms with Gasteiger partial charge in [-0.3, -0.25) is 19.7 Å². The number of nitro benzene ring substituents is 1. The van der Waals surface area contributed by atoms with E-state index in [1.54, 1.807) is 30.3 Å². The summed E-state index contributed by atoms with van der Waals surface area (Å²) >= 11 is 3.27. The number of halogens is 1. The van der Waals surface area contributed by atoms with Gasteiger partial charge in [-0.2, -0.15) is 0 Å². The summed E-state index contributed by atoms with van der Waals surface area (Å²) in [4.78, 5) is 37.1. The Morgan fingerprint density at radius 2 is 1.79 bits per heavy atom. The van der Waals surface area contributed by atoms with Crippen LogP contribution in [0.5, 0.6) is 0 Å². The molecule has 0 unspecified atom stereocenters. The van der Waals surface area contributed by atoms with Crippen LogP contribution in [0.25, 0.3) is 5.76 Å². The molecule has 1 aliphatic rings. The van der Waals surface area contributed by atoms with Crippen molar-refractivity contribution in [3.8, 4) is 0 Å². The number of rotatable bonds is 5. The summed E-state index contributed by atoms with van der Waals surface area (Å²) in [6, 6.07) is 10.9. The first kappa shape index (κ1) is 19.7. The van der Waals surface area contributed by atoms with Gasteiger partial charge in [-0.25, -0.2) is 0 Å². The first-order valence-corrected chi connectivity index (χ1v) is 9.04. The second-order valence-corrected chi connectivity index (χ2v) is 6.95. The normalized spacial score (nSPS) is 18.5. The zero-order chi connectivity index (χ0) is 20.4. The van der Waals surface area contributed by atoms with Gasteiger partial charge < -0.3 is 15.1 Å². The summed E-state index contributed by atoms with van der Waals surface area (Å²) in [6.45, 7) is -0.652. The molecular weight excluding hydrogens is 432 g/mol. The second-order valence-electron chi connectivity index (χ2n) is 6.04. The van der Waals surface area contributed by atoms with E-state index in [9.17, 15) is 29.9 Å². The standard InChI is InChI=1S/C19H15BrN2O6/c20-12-7-5-11(6-8-12)17(24)15-16(21(9-10-23)19(26)18(15)25)13-3-1-2-4-14(13)22(27)28/h1-8,16,23-24H,9-10H2/t16-/m0/s1. The van der Waals surface area contributed by atoms with Gasteiger partial charge in [0, 0.05) is 22.6 Å². The Labute approximate surface area is 168 Å². The van der Waals surface area contributed by atoms with Crippen molar-refractivity contribution in [2.45, 2.75) is 6.04 Å². The predicted molar refractivity (Wildman–Crippen MR) is 103 cm³/mol. The number of aliphatic hydroxyl groups excluding tert-OH is 2. The fourth-order valence-corrected chi connectivity index (χ4v) is 3.45. The second kappa shape index (κ2) is 7.91. The number of hydrogen-bond acceptors (Lipinski definition) is 6. The largest absolute Gasteiger partial charge is 0.507 e. The topological polar surface area (TPSA) is 121 Å². The Hall–Kier alpha value is -3.04. The first-order chi connectivity index (χ1) is 13.4. The summed E-state index contributed by atoms with van der Waals surface area (Å²) in [5.74, 6) is -2.33. The number of carbonyl (C=O) groups is 2. The van der Waals surface area contributed by atoms with Gasteiger partial charge in [-0.05, 0) is 18.2 Å². The van der Waals surface area contributed by atoms with Gasteiger partial charge in [0.2, 0.25) is 0 Å². The molecule has 8 nitrogen and oxygen atoms in total. The highest BCUT2D eigenvalue weighted by Gasteiger charge is 2.47. The lowest BCUT2D eigenvalue weighted by Gasteiger charge is -2.24. The Bertz CT molecular complexity index is 986. The third-order valence-electron chi connectivity index (χ3n) is 4.43. The van der Waals surface area contributed by atoms with E-state index in [1.165, 1.54) is 18.2 Å². The number of likely N-dealkylation sites (tertiary alicyclic amines) is 1. The number of ketones is 1. The molecule has 1 fully saturated rings. The van der Waals surface area contributed by atoms with Crippen LogP contribution in [0.3, 0.4) is 0 Å². The fourth-order valence-electron chi connectivity index (χ4n) is 3.19. The van der Waals surface area contributed by atoms with Gasteiger partial charge in [-0.1, -0.05) is 40.2 Å². The smallest absolute Gasteiger partial charge is 0.295 e. The molecule has 1 atom stereocenters. The van der Waals surface area contributed by atoms with E-state index < -0.39 is 35.0 Å². The minimum Gasteiger partial charge on any atom is -0.507 e. The number of amides is 1. The molecule has 0 radical (unpaired) electrons. The maximum atomic E-state index is 12.7. The molecule has 1 aliphatic heterocycles. The fraction of sp³-hybridized carbons (Fsp3) is 0.158. The molecule has 3 rings (SSSR count).